The van der Waals surface area contributed by atoms with Crippen molar-refractivity contribution >= 4 is 32.0 Å². The Morgan fingerprint density at radius 3 is 2.33 bits per heavy atom. The number of hydrogen-bond acceptors (Lipinski definition) is 5. The van der Waals surface area contributed by atoms with E-state index >= 15 is 0 Å². The number of sulfone groups is 1. The van der Waals surface area contributed by atoms with E-state index in [2.05, 4.69) is 15.5 Å². The summed E-state index contributed by atoms with van der Waals surface area (Å²) in [5.41, 5.74) is 3.00. The van der Waals surface area contributed by atoms with Gasteiger partial charge < -0.3 is 5.32 Å². The Kier molecular flexibility index (Phi) is 4.95. The van der Waals surface area contributed by atoms with E-state index < -0.39 is 15.7 Å². The number of fused-ring (bicyclic) bond motifs is 1. The molecule has 8 heteroatoms. The lowest BCUT2D eigenvalue weighted by Gasteiger charge is -2.12. The predicted octanol–water partition coefficient (Wildman–Crippen LogP) is 5.03. The second-order valence-electron chi connectivity index (χ2n) is 7.00. The van der Waals surface area contributed by atoms with E-state index in [1.54, 1.807) is 25.3 Å². The topological polar surface area (TPSA) is 72.0 Å². The molecule has 0 aliphatic carbocycles. The minimum absolute atomic E-state index is 0.316. The van der Waals surface area contributed by atoms with Crippen LogP contribution in [0.3, 0.4) is 0 Å². The molecule has 0 saturated carbocycles. The summed E-state index contributed by atoms with van der Waals surface area (Å²) in [5.74, 6) is -1.14. The first-order chi connectivity index (χ1) is 14.2. The average molecular weight is 425 g/mol. The van der Waals surface area contributed by atoms with Crippen LogP contribution < -0.4 is 5.32 Å². The molecule has 1 N–H and O–H groups in total. The fourth-order valence-electron chi connectivity index (χ4n) is 3.26. The molecule has 4 rings (SSSR count). The molecule has 0 bridgehead atoms. The molecular formula is C22H17F2N3O2S. The number of aryl methyl sites for hydroxylation is 1. The zero-order valence-electron chi connectivity index (χ0n) is 16.1. The van der Waals surface area contributed by atoms with E-state index in [4.69, 9.17) is 0 Å². The van der Waals surface area contributed by atoms with Crippen LogP contribution in [-0.4, -0.2) is 24.9 Å². The van der Waals surface area contributed by atoms with Gasteiger partial charge in [0.15, 0.2) is 9.84 Å². The molecule has 0 saturated heterocycles. The number of aromatic nitrogens is 2. The molecule has 1 aromatic heterocycles. The molecule has 0 spiro atoms. The lowest BCUT2D eigenvalue weighted by atomic mass is 10.0. The molecule has 0 atom stereocenters. The molecule has 30 heavy (non-hydrogen) atoms. The second-order valence-corrected chi connectivity index (χ2v) is 8.98. The predicted molar refractivity (Wildman–Crippen MR) is 112 cm³/mol. The summed E-state index contributed by atoms with van der Waals surface area (Å²) in [6.07, 6.45) is 2.56. The Hall–Kier alpha value is -3.39. The standard InChI is InChI=1S/C22H17F2N3O2S/c1-13-9-21(30(2,28)29)20(24)11-19(13)22-18-8-7-17(10-14(18)12-25-27-22)26-16-5-3-15(23)4-6-16/h3-12,26H,1-2H3. The van der Waals surface area contributed by atoms with Gasteiger partial charge in [0, 0.05) is 34.0 Å². The van der Waals surface area contributed by atoms with Crippen molar-refractivity contribution in [3.05, 3.63) is 78.0 Å². The Labute approximate surface area is 172 Å². The summed E-state index contributed by atoms with van der Waals surface area (Å²) in [7, 11) is -3.68. The summed E-state index contributed by atoms with van der Waals surface area (Å²) < 4.78 is 51.1. The second kappa shape index (κ2) is 7.46. The molecule has 0 unspecified atom stereocenters. The van der Waals surface area contributed by atoms with Gasteiger partial charge in [-0.15, -0.1) is 5.10 Å². The highest BCUT2D eigenvalue weighted by molar-refractivity contribution is 7.90. The summed E-state index contributed by atoms with van der Waals surface area (Å²) in [4.78, 5) is -0.345. The molecule has 0 aliphatic rings. The fourth-order valence-corrected chi connectivity index (χ4v) is 4.06. The minimum atomic E-state index is -3.68. The Morgan fingerprint density at radius 1 is 0.933 bits per heavy atom. The monoisotopic (exact) mass is 425 g/mol. The van der Waals surface area contributed by atoms with Gasteiger partial charge in [0.25, 0.3) is 0 Å². The molecule has 1 heterocycles. The molecule has 0 fully saturated rings. The van der Waals surface area contributed by atoms with Crippen LogP contribution in [0.4, 0.5) is 20.2 Å². The Balaban J connectivity index is 1.78. The van der Waals surface area contributed by atoms with Gasteiger partial charge in [0.1, 0.15) is 22.2 Å². The SMILES string of the molecule is Cc1cc(S(C)(=O)=O)c(F)cc1-c1nncc2cc(Nc3ccc(F)cc3)ccc12. The third-order valence-corrected chi connectivity index (χ3v) is 5.84. The molecule has 4 aromatic rings. The number of nitrogens with zero attached hydrogens (tertiary/aromatic N) is 2. The van der Waals surface area contributed by atoms with Gasteiger partial charge in [0.2, 0.25) is 0 Å². The van der Waals surface area contributed by atoms with Crippen LogP contribution in [0.2, 0.25) is 0 Å². The van der Waals surface area contributed by atoms with Crippen LogP contribution in [0.5, 0.6) is 0 Å². The summed E-state index contributed by atoms with van der Waals surface area (Å²) >= 11 is 0. The molecule has 0 radical (unpaired) electrons. The van der Waals surface area contributed by atoms with Crippen molar-refractivity contribution < 1.29 is 17.2 Å². The maximum Gasteiger partial charge on any atom is 0.178 e. The summed E-state index contributed by atoms with van der Waals surface area (Å²) in [6.45, 7) is 1.70. The number of halogens is 2. The maximum absolute atomic E-state index is 14.5. The molecule has 152 valence electrons. The van der Waals surface area contributed by atoms with E-state index in [1.807, 2.05) is 18.2 Å². The highest BCUT2D eigenvalue weighted by Gasteiger charge is 2.18. The van der Waals surface area contributed by atoms with Crippen LogP contribution in [0, 0.1) is 18.6 Å². The van der Waals surface area contributed by atoms with E-state index in [0.717, 1.165) is 28.4 Å². The quantitative estimate of drug-likeness (QED) is 0.497. The van der Waals surface area contributed by atoms with Crippen LogP contribution in [0.25, 0.3) is 22.0 Å². The number of rotatable bonds is 4. The first-order valence-electron chi connectivity index (χ1n) is 9.01. The molecule has 3 aromatic carbocycles. The number of nitrogens with one attached hydrogen (secondary N) is 1. The van der Waals surface area contributed by atoms with Crippen molar-refractivity contribution in [3.63, 3.8) is 0 Å². The molecule has 0 aliphatic heterocycles. The van der Waals surface area contributed by atoms with Crippen LogP contribution in [0.15, 0.2) is 65.7 Å². The Morgan fingerprint density at radius 2 is 1.63 bits per heavy atom. The van der Waals surface area contributed by atoms with E-state index in [0.29, 0.717) is 16.8 Å². The fraction of sp³-hybridized carbons (Fsp3) is 0.0909. The van der Waals surface area contributed by atoms with Gasteiger partial charge in [0.05, 0.1) is 6.20 Å². The van der Waals surface area contributed by atoms with E-state index in [1.165, 1.54) is 24.3 Å². The Bertz CT molecular complexity index is 1370. The van der Waals surface area contributed by atoms with Crippen molar-refractivity contribution in [3.8, 4) is 11.3 Å². The zero-order valence-corrected chi connectivity index (χ0v) is 17.0. The normalized spacial score (nSPS) is 11.6. The van der Waals surface area contributed by atoms with Gasteiger partial charge in [-0.1, -0.05) is 0 Å². The van der Waals surface area contributed by atoms with Crippen LogP contribution in [0.1, 0.15) is 5.56 Å². The number of anilines is 2. The summed E-state index contributed by atoms with van der Waals surface area (Å²) in [6, 6.07) is 14.0. The largest absolute Gasteiger partial charge is 0.356 e. The minimum Gasteiger partial charge on any atom is -0.356 e. The first kappa shape index (κ1) is 19.9. The highest BCUT2D eigenvalue weighted by atomic mass is 32.2. The van der Waals surface area contributed by atoms with E-state index in [9.17, 15) is 17.2 Å². The van der Waals surface area contributed by atoms with E-state index in [-0.39, 0.29) is 10.7 Å². The third kappa shape index (κ3) is 3.86. The molecule has 5 nitrogen and oxygen atoms in total. The van der Waals surface area contributed by atoms with Crippen molar-refractivity contribution in [2.75, 3.05) is 11.6 Å². The maximum atomic E-state index is 14.5. The average Bonchev–Trinajstić information content (AvgIpc) is 2.70. The van der Waals surface area contributed by atoms with Crippen LogP contribution >= 0.6 is 0 Å². The first-order valence-corrected chi connectivity index (χ1v) is 10.9. The smallest absolute Gasteiger partial charge is 0.178 e. The molecular weight excluding hydrogens is 408 g/mol. The van der Waals surface area contributed by atoms with Gasteiger partial charge in [-0.2, -0.15) is 5.10 Å². The number of hydrogen-bond donors (Lipinski definition) is 1. The zero-order chi connectivity index (χ0) is 21.5. The third-order valence-electron chi connectivity index (χ3n) is 4.73. The van der Waals surface area contributed by atoms with Crippen molar-refractivity contribution in [1.29, 1.82) is 0 Å². The van der Waals surface area contributed by atoms with Gasteiger partial charge in [-0.05, 0) is 67.1 Å². The van der Waals surface area contributed by atoms with Crippen molar-refractivity contribution in [2.45, 2.75) is 11.8 Å². The van der Waals surface area contributed by atoms with Crippen molar-refractivity contribution in [1.82, 2.24) is 10.2 Å². The van der Waals surface area contributed by atoms with Gasteiger partial charge in [-0.25, -0.2) is 17.2 Å². The summed E-state index contributed by atoms with van der Waals surface area (Å²) in [5, 5.41) is 12.9. The highest BCUT2D eigenvalue weighted by Crippen LogP contribution is 2.32. The van der Waals surface area contributed by atoms with Crippen LogP contribution in [-0.2, 0) is 9.84 Å². The van der Waals surface area contributed by atoms with Gasteiger partial charge in [-0.3, -0.25) is 0 Å². The molecule has 0 amide bonds. The van der Waals surface area contributed by atoms with Gasteiger partial charge >= 0.3 is 0 Å². The number of benzene rings is 3. The lowest BCUT2D eigenvalue weighted by Crippen LogP contribution is -2.03. The lowest BCUT2D eigenvalue weighted by molar-refractivity contribution is 0.570. The van der Waals surface area contributed by atoms with Crippen molar-refractivity contribution in [2.24, 2.45) is 0 Å².